The summed E-state index contributed by atoms with van der Waals surface area (Å²) in [7, 11) is -3.86. The first-order valence-corrected chi connectivity index (χ1v) is 15.7. The normalized spacial score (nSPS) is 15.1. The van der Waals surface area contributed by atoms with Gasteiger partial charge in [-0.1, -0.05) is 73.1 Å². The molecule has 0 aromatic heterocycles. The largest absolute Gasteiger partial charge is 0.352 e. The van der Waals surface area contributed by atoms with Crippen molar-refractivity contribution < 1.29 is 18.0 Å². The lowest BCUT2D eigenvalue weighted by atomic mass is 9.95. The van der Waals surface area contributed by atoms with Crippen molar-refractivity contribution in [3.8, 4) is 0 Å². The van der Waals surface area contributed by atoms with E-state index in [0.717, 1.165) is 42.7 Å². The van der Waals surface area contributed by atoms with Gasteiger partial charge in [-0.2, -0.15) is 0 Å². The summed E-state index contributed by atoms with van der Waals surface area (Å²) in [6, 6.07) is 9.15. The summed E-state index contributed by atoms with van der Waals surface area (Å²) in [5, 5.41) is 4.19. The number of hydrogen-bond acceptors (Lipinski definition) is 4. The molecule has 1 atom stereocenters. The third kappa shape index (κ3) is 7.78. The van der Waals surface area contributed by atoms with Crippen LogP contribution in [-0.4, -0.2) is 50.0 Å². The number of hydrogen-bond donors (Lipinski definition) is 1. The van der Waals surface area contributed by atoms with Gasteiger partial charge in [0.1, 0.15) is 12.6 Å². The maximum absolute atomic E-state index is 13.9. The van der Waals surface area contributed by atoms with Crippen LogP contribution in [0.25, 0.3) is 0 Å². The number of anilines is 1. The lowest BCUT2D eigenvalue weighted by Crippen LogP contribution is -2.54. The number of nitrogens with one attached hydrogen (secondary N) is 1. The minimum atomic E-state index is -3.86. The molecule has 0 saturated heterocycles. The molecule has 0 unspecified atom stereocenters. The number of sulfonamides is 1. The van der Waals surface area contributed by atoms with Crippen LogP contribution in [0, 0.1) is 6.92 Å². The zero-order valence-corrected chi connectivity index (χ0v) is 24.9. The monoisotopic (exact) mass is 601 g/mol. The minimum absolute atomic E-state index is 0.0540. The van der Waals surface area contributed by atoms with Crippen LogP contribution >= 0.6 is 34.8 Å². The van der Waals surface area contributed by atoms with Gasteiger partial charge in [-0.25, -0.2) is 8.42 Å². The van der Waals surface area contributed by atoms with Crippen molar-refractivity contribution in [2.45, 2.75) is 71.0 Å². The number of benzene rings is 2. The van der Waals surface area contributed by atoms with Crippen molar-refractivity contribution >= 4 is 62.3 Å². The molecule has 3 rings (SSSR count). The fourth-order valence-corrected chi connectivity index (χ4v) is 6.15. The van der Waals surface area contributed by atoms with E-state index in [1.807, 2.05) is 6.92 Å². The second kappa shape index (κ2) is 13.4. The van der Waals surface area contributed by atoms with Crippen LogP contribution in [0.5, 0.6) is 0 Å². The molecular weight excluding hydrogens is 569 g/mol. The predicted molar refractivity (Wildman–Crippen MR) is 154 cm³/mol. The lowest BCUT2D eigenvalue weighted by Gasteiger charge is -2.34. The van der Waals surface area contributed by atoms with Crippen LogP contribution in [0.15, 0.2) is 36.4 Å². The van der Waals surface area contributed by atoms with Gasteiger partial charge in [0.25, 0.3) is 0 Å². The first kappa shape index (κ1) is 30.5. The first-order chi connectivity index (χ1) is 17.9. The van der Waals surface area contributed by atoms with Crippen molar-refractivity contribution in [3.05, 3.63) is 62.6 Å². The zero-order valence-electron chi connectivity index (χ0n) is 21.8. The van der Waals surface area contributed by atoms with Gasteiger partial charge in [0.2, 0.25) is 21.8 Å². The van der Waals surface area contributed by atoms with E-state index in [2.05, 4.69) is 5.32 Å². The van der Waals surface area contributed by atoms with Crippen LogP contribution in [-0.2, 0) is 26.2 Å². The summed E-state index contributed by atoms with van der Waals surface area (Å²) >= 11 is 18.6. The first-order valence-electron chi connectivity index (χ1n) is 12.7. The van der Waals surface area contributed by atoms with Crippen LogP contribution in [0.3, 0.4) is 0 Å². The highest BCUT2D eigenvalue weighted by atomic mass is 35.5. The summed E-state index contributed by atoms with van der Waals surface area (Å²) < 4.78 is 26.7. The molecule has 1 N–H and O–H groups in total. The standard InChI is InChI=1S/C27H34Cl3N3O4S/c1-4-24(27(35)31-20-9-6-5-7-10-20)32(16-19-13-14-22(29)23(30)15-19)26(34)17-33(38(3,36)37)25-12-8-11-21(28)18(25)2/h8,11-15,20,24H,4-7,9-10,16-17H2,1-3H3,(H,31,35)/t24-/m0/s1. The highest BCUT2D eigenvalue weighted by Crippen LogP contribution is 2.29. The third-order valence-electron chi connectivity index (χ3n) is 6.86. The summed E-state index contributed by atoms with van der Waals surface area (Å²) in [6.45, 7) is 3.09. The number of amides is 2. The molecule has 1 aliphatic rings. The highest BCUT2D eigenvalue weighted by Gasteiger charge is 2.33. The van der Waals surface area contributed by atoms with Gasteiger partial charge in [-0.3, -0.25) is 13.9 Å². The van der Waals surface area contributed by atoms with Gasteiger partial charge >= 0.3 is 0 Å². The molecule has 2 aromatic carbocycles. The Morgan fingerprint density at radius 3 is 2.32 bits per heavy atom. The van der Waals surface area contributed by atoms with Crippen LogP contribution < -0.4 is 9.62 Å². The smallest absolute Gasteiger partial charge is 0.244 e. The van der Waals surface area contributed by atoms with Gasteiger partial charge in [0.15, 0.2) is 0 Å². The lowest BCUT2D eigenvalue weighted by molar-refractivity contribution is -0.140. The molecule has 2 aromatic rings. The van der Waals surface area contributed by atoms with Crippen LogP contribution in [0.4, 0.5) is 5.69 Å². The second-order valence-electron chi connectivity index (χ2n) is 9.69. The molecule has 1 aliphatic carbocycles. The average Bonchev–Trinajstić information content (AvgIpc) is 2.86. The fraction of sp³-hybridized carbons (Fsp3) is 0.481. The van der Waals surface area contributed by atoms with E-state index in [0.29, 0.717) is 38.3 Å². The van der Waals surface area contributed by atoms with E-state index >= 15 is 0 Å². The molecule has 2 amide bonds. The molecule has 7 nitrogen and oxygen atoms in total. The molecule has 0 aliphatic heterocycles. The highest BCUT2D eigenvalue weighted by molar-refractivity contribution is 7.92. The Morgan fingerprint density at radius 2 is 1.71 bits per heavy atom. The van der Waals surface area contributed by atoms with Crippen LogP contribution in [0.2, 0.25) is 15.1 Å². The molecule has 0 radical (unpaired) electrons. The SMILES string of the molecule is CC[C@@H](C(=O)NC1CCCCC1)N(Cc1ccc(Cl)c(Cl)c1)C(=O)CN(c1cccc(Cl)c1C)S(C)(=O)=O. The summed E-state index contributed by atoms with van der Waals surface area (Å²) in [5.41, 5.74) is 1.51. The summed E-state index contributed by atoms with van der Waals surface area (Å²) in [5.74, 6) is -0.774. The van der Waals surface area contributed by atoms with E-state index in [-0.39, 0.29) is 18.5 Å². The maximum Gasteiger partial charge on any atom is 0.244 e. The van der Waals surface area contributed by atoms with E-state index in [1.165, 1.54) is 4.90 Å². The molecule has 11 heteroatoms. The van der Waals surface area contributed by atoms with E-state index in [4.69, 9.17) is 34.8 Å². The number of nitrogens with zero attached hydrogens (tertiary/aromatic N) is 2. The quantitative estimate of drug-likeness (QED) is 0.363. The molecule has 208 valence electrons. The van der Waals surface area contributed by atoms with Gasteiger partial charge in [0, 0.05) is 17.6 Å². The van der Waals surface area contributed by atoms with Crippen molar-refractivity contribution in [2.24, 2.45) is 0 Å². The fourth-order valence-electron chi connectivity index (χ4n) is 4.76. The molecule has 0 heterocycles. The third-order valence-corrected chi connectivity index (χ3v) is 9.14. The topological polar surface area (TPSA) is 86.8 Å². The van der Waals surface area contributed by atoms with Gasteiger partial charge in [-0.15, -0.1) is 0 Å². The van der Waals surface area contributed by atoms with Crippen molar-refractivity contribution in [1.82, 2.24) is 10.2 Å². The molecular formula is C27H34Cl3N3O4S. The number of carbonyl (C=O) groups excluding carboxylic acids is 2. The Morgan fingerprint density at radius 1 is 1.03 bits per heavy atom. The Bertz CT molecular complexity index is 1270. The van der Waals surface area contributed by atoms with Crippen LogP contribution in [0.1, 0.15) is 56.6 Å². The zero-order chi connectivity index (χ0) is 28.0. The maximum atomic E-state index is 13.9. The molecule has 0 bridgehead atoms. The molecule has 38 heavy (non-hydrogen) atoms. The Kier molecular flexibility index (Phi) is 10.7. The molecule has 0 spiro atoms. The molecule has 1 saturated carbocycles. The predicted octanol–water partition coefficient (Wildman–Crippen LogP) is 5.98. The summed E-state index contributed by atoms with van der Waals surface area (Å²) in [4.78, 5) is 28.7. The summed E-state index contributed by atoms with van der Waals surface area (Å²) in [6.07, 6.45) is 6.44. The molecule has 1 fully saturated rings. The van der Waals surface area contributed by atoms with Crippen molar-refractivity contribution in [2.75, 3.05) is 17.1 Å². The number of rotatable bonds is 10. The Balaban J connectivity index is 1.96. The van der Waals surface area contributed by atoms with Gasteiger partial charge in [0.05, 0.1) is 22.0 Å². The number of carbonyl (C=O) groups is 2. The van der Waals surface area contributed by atoms with E-state index < -0.39 is 28.5 Å². The van der Waals surface area contributed by atoms with Crippen molar-refractivity contribution in [1.29, 1.82) is 0 Å². The second-order valence-corrected chi connectivity index (χ2v) is 12.8. The van der Waals surface area contributed by atoms with Gasteiger partial charge in [-0.05, 0) is 61.6 Å². The van der Waals surface area contributed by atoms with E-state index in [9.17, 15) is 18.0 Å². The van der Waals surface area contributed by atoms with E-state index in [1.54, 1.807) is 43.3 Å². The number of halogens is 3. The minimum Gasteiger partial charge on any atom is -0.352 e. The average molecular weight is 603 g/mol. The Labute approximate surface area is 240 Å². The van der Waals surface area contributed by atoms with Crippen molar-refractivity contribution in [3.63, 3.8) is 0 Å². The van der Waals surface area contributed by atoms with Gasteiger partial charge < -0.3 is 10.2 Å². The Hall–Kier alpha value is -2.00.